The Morgan fingerprint density at radius 3 is 2.50 bits per heavy atom. The summed E-state index contributed by atoms with van der Waals surface area (Å²) in [5.41, 5.74) is -1.03. The molecule has 5 unspecified atom stereocenters. The zero-order valence-electron chi connectivity index (χ0n) is 9.85. The SMILES string of the molecule is CC(O)C(C)OC1(C(=O)O)CC2CCC1C2. The van der Waals surface area contributed by atoms with Crippen molar-refractivity contribution in [1.82, 2.24) is 0 Å². The molecule has 0 aromatic rings. The molecule has 92 valence electrons. The van der Waals surface area contributed by atoms with Gasteiger partial charge in [0.15, 0.2) is 5.60 Å². The van der Waals surface area contributed by atoms with Crippen molar-refractivity contribution >= 4 is 5.97 Å². The van der Waals surface area contributed by atoms with Crippen molar-refractivity contribution in [1.29, 1.82) is 0 Å². The third-order valence-electron chi connectivity index (χ3n) is 4.23. The van der Waals surface area contributed by atoms with E-state index in [1.54, 1.807) is 13.8 Å². The van der Waals surface area contributed by atoms with Gasteiger partial charge in [0.2, 0.25) is 0 Å². The Morgan fingerprint density at radius 1 is 1.44 bits per heavy atom. The summed E-state index contributed by atoms with van der Waals surface area (Å²) in [6.07, 6.45) is 2.61. The number of hydrogen-bond acceptors (Lipinski definition) is 3. The molecule has 2 fully saturated rings. The fourth-order valence-corrected chi connectivity index (χ4v) is 3.17. The van der Waals surface area contributed by atoms with E-state index in [0.29, 0.717) is 12.3 Å². The van der Waals surface area contributed by atoms with E-state index in [-0.39, 0.29) is 5.92 Å². The molecule has 0 radical (unpaired) electrons. The number of carbonyl (C=O) groups is 1. The van der Waals surface area contributed by atoms with Gasteiger partial charge >= 0.3 is 5.97 Å². The third-order valence-corrected chi connectivity index (χ3v) is 4.23. The number of carboxylic acid groups (broad SMARTS) is 1. The maximum Gasteiger partial charge on any atom is 0.336 e. The van der Waals surface area contributed by atoms with Crippen LogP contribution in [0.4, 0.5) is 0 Å². The summed E-state index contributed by atoms with van der Waals surface area (Å²) in [4.78, 5) is 11.5. The maximum atomic E-state index is 11.5. The van der Waals surface area contributed by atoms with Crippen LogP contribution in [0.5, 0.6) is 0 Å². The van der Waals surface area contributed by atoms with Gasteiger partial charge in [-0.25, -0.2) is 4.79 Å². The lowest BCUT2D eigenvalue weighted by atomic mass is 9.83. The second-order valence-electron chi connectivity index (χ2n) is 5.34. The van der Waals surface area contributed by atoms with Crippen LogP contribution in [0.3, 0.4) is 0 Å². The molecule has 2 aliphatic carbocycles. The van der Waals surface area contributed by atoms with Crippen molar-refractivity contribution in [2.45, 2.75) is 57.3 Å². The topological polar surface area (TPSA) is 66.8 Å². The molecule has 5 atom stereocenters. The molecule has 16 heavy (non-hydrogen) atoms. The lowest BCUT2D eigenvalue weighted by Gasteiger charge is -2.36. The van der Waals surface area contributed by atoms with Gasteiger partial charge in [-0.1, -0.05) is 0 Å². The molecule has 0 spiro atoms. The largest absolute Gasteiger partial charge is 0.479 e. The molecule has 0 saturated heterocycles. The predicted molar refractivity (Wildman–Crippen MR) is 58.0 cm³/mol. The summed E-state index contributed by atoms with van der Waals surface area (Å²) in [5, 5.41) is 18.8. The van der Waals surface area contributed by atoms with Gasteiger partial charge in [-0.15, -0.1) is 0 Å². The smallest absolute Gasteiger partial charge is 0.336 e. The molecule has 0 aliphatic heterocycles. The van der Waals surface area contributed by atoms with Crippen LogP contribution in [0, 0.1) is 11.8 Å². The van der Waals surface area contributed by atoms with Crippen LogP contribution in [0.1, 0.15) is 39.5 Å². The lowest BCUT2D eigenvalue weighted by Crippen LogP contribution is -2.49. The molecule has 0 aromatic carbocycles. The van der Waals surface area contributed by atoms with Gasteiger partial charge in [-0.05, 0) is 51.4 Å². The summed E-state index contributed by atoms with van der Waals surface area (Å²) < 4.78 is 5.71. The second kappa shape index (κ2) is 4.00. The summed E-state index contributed by atoms with van der Waals surface area (Å²) in [7, 11) is 0. The first kappa shape index (κ1) is 11.9. The monoisotopic (exact) mass is 228 g/mol. The first-order valence-electron chi connectivity index (χ1n) is 6.05. The molecule has 2 saturated carbocycles. The summed E-state index contributed by atoms with van der Waals surface area (Å²) >= 11 is 0. The van der Waals surface area contributed by atoms with Gasteiger partial charge in [0.05, 0.1) is 12.2 Å². The number of hydrogen-bond donors (Lipinski definition) is 2. The molecule has 2 N–H and O–H groups in total. The van der Waals surface area contributed by atoms with E-state index in [4.69, 9.17) is 4.74 Å². The predicted octanol–water partition coefficient (Wildman–Crippen LogP) is 1.42. The highest BCUT2D eigenvalue weighted by molar-refractivity contribution is 5.78. The number of fused-ring (bicyclic) bond motifs is 2. The second-order valence-corrected chi connectivity index (χ2v) is 5.34. The first-order chi connectivity index (χ1) is 7.45. The lowest BCUT2D eigenvalue weighted by molar-refractivity contribution is -0.190. The Balaban J connectivity index is 2.15. The van der Waals surface area contributed by atoms with Gasteiger partial charge in [-0.2, -0.15) is 0 Å². The van der Waals surface area contributed by atoms with E-state index in [2.05, 4.69) is 0 Å². The van der Waals surface area contributed by atoms with Crippen molar-refractivity contribution in [3.05, 3.63) is 0 Å². The average Bonchev–Trinajstić information content (AvgIpc) is 2.77. The van der Waals surface area contributed by atoms with E-state index >= 15 is 0 Å². The van der Waals surface area contributed by atoms with E-state index in [1.165, 1.54) is 0 Å². The third kappa shape index (κ3) is 1.74. The number of aliphatic hydroxyl groups is 1. The maximum absolute atomic E-state index is 11.5. The number of ether oxygens (including phenoxy) is 1. The van der Waals surface area contributed by atoms with Crippen LogP contribution in [-0.4, -0.2) is 34.0 Å². The minimum absolute atomic E-state index is 0.135. The summed E-state index contributed by atoms with van der Waals surface area (Å²) in [6, 6.07) is 0. The minimum atomic E-state index is -1.03. The number of rotatable bonds is 4. The number of carboxylic acids is 1. The summed E-state index contributed by atoms with van der Waals surface area (Å²) in [5.74, 6) is -0.217. The van der Waals surface area contributed by atoms with Crippen LogP contribution in [0.2, 0.25) is 0 Å². The molecule has 2 bridgehead atoms. The van der Waals surface area contributed by atoms with Crippen molar-refractivity contribution in [3.8, 4) is 0 Å². The fourth-order valence-electron chi connectivity index (χ4n) is 3.17. The van der Waals surface area contributed by atoms with E-state index in [1.807, 2.05) is 0 Å². The normalized spacial score (nSPS) is 40.9. The van der Waals surface area contributed by atoms with Gasteiger partial charge in [0.1, 0.15) is 0 Å². The van der Waals surface area contributed by atoms with Crippen molar-refractivity contribution < 1.29 is 19.7 Å². The van der Waals surface area contributed by atoms with Gasteiger partial charge in [0, 0.05) is 0 Å². The van der Waals surface area contributed by atoms with Crippen LogP contribution < -0.4 is 0 Å². The molecule has 0 aromatic heterocycles. The van der Waals surface area contributed by atoms with E-state index < -0.39 is 23.8 Å². The zero-order valence-corrected chi connectivity index (χ0v) is 9.85. The van der Waals surface area contributed by atoms with Gasteiger partial charge in [0.25, 0.3) is 0 Å². The van der Waals surface area contributed by atoms with E-state index in [9.17, 15) is 15.0 Å². The molecule has 2 aliphatic rings. The van der Waals surface area contributed by atoms with E-state index in [0.717, 1.165) is 19.3 Å². The standard InChI is InChI=1S/C12H20O4/c1-7(13)8(2)16-12(11(14)15)6-9-3-4-10(12)5-9/h7-10,13H,3-6H2,1-2H3,(H,14,15). The first-order valence-corrected chi connectivity index (χ1v) is 6.05. The Hall–Kier alpha value is -0.610. The molecule has 0 amide bonds. The highest BCUT2D eigenvalue weighted by Gasteiger charge is 2.57. The number of aliphatic carboxylic acids is 1. The Kier molecular flexibility index (Phi) is 2.97. The Morgan fingerprint density at radius 2 is 2.12 bits per heavy atom. The molecule has 2 rings (SSSR count). The Bertz CT molecular complexity index is 289. The summed E-state index contributed by atoms with van der Waals surface area (Å²) in [6.45, 7) is 3.37. The van der Waals surface area contributed by atoms with Crippen molar-refractivity contribution in [2.75, 3.05) is 0 Å². The minimum Gasteiger partial charge on any atom is -0.479 e. The molecular formula is C12H20O4. The van der Waals surface area contributed by atoms with Crippen molar-refractivity contribution in [3.63, 3.8) is 0 Å². The van der Waals surface area contributed by atoms with Crippen LogP contribution >= 0.6 is 0 Å². The van der Waals surface area contributed by atoms with Gasteiger partial charge in [-0.3, -0.25) is 0 Å². The fraction of sp³-hybridized carbons (Fsp3) is 0.917. The number of aliphatic hydroxyl groups excluding tert-OH is 1. The van der Waals surface area contributed by atoms with Crippen LogP contribution in [0.25, 0.3) is 0 Å². The highest BCUT2D eigenvalue weighted by Crippen LogP contribution is 2.53. The molecule has 0 heterocycles. The average molecular weight is 228 g/mol. The quantitative estimate of drug-likeness (QED) is 0.763. The molecule has 4 heteroatoms. The highest BCUT2D eigenvalue weighted by atomic mass is 16.5. The van der Waals surface area contributed by atoms with Crippen LogP contribution in [0.15, 0.2) is 0 Å². The van der Waals surface area contributed by atoms with Crippen LogP contribution in [-0.2, 0) is 9.53 Å². The Labute approximate surface area is 95.6 Å². The van der Waals surface area contributed by atoms with Crippen molar-refractivity contribution in [2.24, 2.45) is 11.8 Å². The molecule has 4 nitrogen and oxygen atoms in total. The molecular weight excluding hydrogens is 208 g/mol. The van der Waals surface area contributed by atoms with Gasteiger partial charge < -0.3 is 14.9 Å². The zero-order chi connectivity index (χ0) is 11.9.